The summed E-state index contributed by atoms with van der Waals surface area (Å²) >= 11 is 0. The van der Waals surface area contributed by atoms with Gasteiger partial charge in [-0.1, -0.05) is 51.0 Å². The van der Waals surface area contributed by atoms with Gasteiger partial charge in [-0.25, -0.2) is 4.79 Å². The molecule has 0 spiro atoms. The van der Waals surface area contributed by atoms with E-state index in [1.165, 1.54) is 29.2 Å². The van der Waals surface area contributed by atoms with Gasteiger partial charge in [0.25, 0.3) is 0 Å². The molecule has 0 fully saturated rings. The van der Waals surface area contributed by atoms with Crippen molar-refractivity contribution in [1.29, 1.82) is 0 Å². The summed E-state index contributed by atoms with van der Waals surface area (Å²) in [5.74, 6) is -0.646. The Morgan fingerprint density at radius 3 is 2.00 bits per heavy atom. The lowest BCUT2D eigenvalue weighted by molar-refractivity contribution is -0.142. The lowest BCUT2D eigenvalue weighted by Crippen LogP contribution is -2.54. The van der Waals surface area contributed by atoms with E-state index in [0.717, 1.165) is 19.3 Å². The van der Waals surface area contributed by atoms with Crippen LogP contribution in [0.5, 0.6) is 11.5 Å². The van der Waals surface area contributed by atoms with Crippen molar-refractivity contribution in [3.8, 4) is 11.5 Å². The average molecular weight is 556 g/mol. The number of rotatable bonds is 13. The summed E-state index contributed by atoms with van der Waals surface area (Å²) in [6, 6.07) is 10.5. The van der Waals surface area contributed by atoms with Crippen molar-refractivity contribution < 1.29 is 29.3 Å². The second-order valence-corrected chi connectivity index (χ2v) is 11.1. The van der Waals surface area contributed by atoms with E-state index in [2.05, 4.69) is 10.6 Å². The van der Waals surface area contributed by atoms with Crippen LogP contribution in [-0.4, -0.2) is 57.3 Å². The van der Waals surface area contributed by atoms with Crippen molar-refractivity contribution in [3.63, 3.8) is 0 Å². The van der Waals surface area contributed by atoms with E-state index in [9.17, 15) is 24.6 Å². The number of nitrogens with one attached hydrogen (secondary N) is 2. The minimum absolute atomic E-state index is 0.0468. The van der Waals surface area contributed by atoms with E-state index in [4.69, 9.17) is 4.74 Å². The molecule has 0 radical (unpaired) electrons. The molecule has 3 unspecified atom stereocenters. The number of hydrogen-bond acceptors (Lipinski definition) is 6. The zero-order valence-electron chi connectivity index (χ0n) is 24.6. The van der Waals surface area contributed by atoms with E-state index in [0.29, 0.717) is 17.5 Å². The molecule has 2 rings (SSSR count). The summed E-state index contributed by atoms with van der Waals surface area (Å²) in [4.78, 5) is 42.4. The number of phenolic OH excluding ortho intramolecular Hbond substituents is 2. The Hall–Kier alpha value is -3.75. The van der Waals surface area contributed by atoms with Gasteiger partial charge in [-0.15, -0.1) is 0 Å². The molecule has 0 saturated heterocycles. The first kappa shape index (κ1) is 32.5. The van der Waals surface area contributed by atoms with Gasteiger partial charge in [0.2, 0.25) is 11.8 Å². The van der Waals surface area contributed by atoms with E-state index in [1.54, 1.807) is 45.0 Å². The van der Waals surface area contributed by atoms with Gasteiger partial charge in [-0.2, -0.15) is 0 Å². The van der Waals surface area contributed by atoms with Gasteiger partial charge in [-0.05, 0) is 75.9 Å². The van der Waals surface area contributed by atoms with Gasteiger partial charge in [-0.3, -0.25) is 9.59 Å². The fourth-order valence-corrected chi connectivity index (χ4v) is 4.37. The first-order valence-corrected chi connectivity index (χ1v) is 14.0. The smallest absolute Gasteiger partial charge is 0.408 e. The molecule has 4 N–H and O–H groups in total. The molecule has 3 atom stereocenters. The van der Waals surface area contributed by atoms with Crippen LogP contribution in [0.25, 0.3) is 0 Å². The largest absolute Gasteiger partial charge is 0.508 e. The van der Waals surface area contributed by atoms with Crippen molar-refractivity contribution in [2.75, 3.05) is 6.54 Å². The predicted octanol–water partition coefficient (Wildman–Crippen LogP) is 5.21. The fraction of sp³-hybridized carbons (Fsp3) is 0.516. The summed E-state index contributed by atoms with van der Waals surface area (Å²) in [5.41, 5.74) is 0.482. The topological polar surface area (TPSA) is 128 Å². The number of carbonyl (C=O) groups is 3. The molecular formula is C31H45N3O6. The van der Waals surface area contributed by atoms with Crippen molar-refractivity contribution in [2.45, 2.75) is 97.4 Å². The molecule has 0 saturated carbocycles. The van der Waals surface area contributed by atoms with Gasteiger partial charge in [0.15, 0.2) is 0 Å². The quantitative estimate of drug-likeness (QED) is 0.269. The lowest BCUT2D eigenvalue weighted by atomic mass is 9.99. The summed E-state index contributed by atoms with van der Waals surface area (Å²) in [7, 11) is 0. The Bertz CT molecular complexity index is 1100. The molecule has 40 heavy (non-hydrogen) atoms. The second kappa shape index (κ2) is 15.1. The molecule has 0 bridgehead atoms. The summed E-state index contributed by atoms with van der Waals surface area (Å²) in [6.07, 6.45) is 2.46. The number of ether oxygens (including phenoxy) is 1. The number of alkyl carbamates (subject to hydrolysis) is 1. The molecule has 0 heterocycles. The van der Waals surface area contributed by atoms with Gasteiger partial charge >= 0.3 is 6.09 Å². The van der Waals surface area contributed by atoms with Gasteiger partial charge in [0, 0.05) is 19.0 Å². The molecule has 0 aliphatic heterocycles. The molecule has 0 aliphatic rings. The van der Waals surface area contributed by atoms with Crippen LogP contribution in [0, 0.1) is 0 Å². The van der Waals surface area contributed by atoms with Crippen molar-refractivity contribution >= 4 is 17.9 Å². The molecule has 220 valence electrons. The highest BCUT2D eigenvalue weighted by Gasteiger charge is 2.36. The summed E-state index contributed by atoms with van der Waals surface area (Å²) < 4.78 is 5.45. The Labute approximate surface area is 237 Å². The first-order valence-electron chi connectivity index (χ1n) is 14.0. The Morgan fingerprint density at radius 2 is 1.48 bits per heavy atom. The predicted molar refractivity (Wildman–Crippen MR) is 155 cm³/mol. The number of benzene rings is 2. The number of hydrogen-bond donors (Lipinski definition) is 4. The van der Waals surface area contributed by atoms with Crippen LogP contribution < -0.4 is 10.6 Å². The van der Waals surface area contributed by atoms with Crippen LogP contribution in [-0.2, 0) is 20.7 Å². The molecule has 9 heteroatoms. The van der Waals surface area contributed by atoms with Crippen LogP contribution in [0.2, 0.25) is 0 Å². The molecular weight excluding hydrogens is 510 g/mol. The number of phenols is 2. The Kier molecular flexibility index (Phi) is 12.3. The maximum Gasteiger partial charge on any atom is 0.408 e. The Balaban J connectivity index is 2.54. The zero-order chi connectivity index (χ0) is 29.9. The molecule has 2 aromatic carbocycles. The SMILES string of the molecule is CCCCN(C(=O)C(Cc1ccc(O)cc1)NC(=O)OC(C)(C)C)C(C(=O)NC(C)CCC)c1ccc(O)cc1. The minimum atomic E-state index is -1.04. The maximum atomic E-state index is 14.3. The summed E-state index contributed by atoms with van der Waals surface area (Å²) in [5, 5.41) is 25.4. The third-order valence-corrected chi connectivity index (χ3v) is 6.28. The molecule has 0 aliphatic carbocycles. The standard InChI is InChI=1S/C31H45N3O6/c1-7-9-19-34(27(23-13-17-25(36)18-14-23)28(37)32-21(3)10-8-2)29(38)26(33-30(39)40-31(4,5)6)20-22-11-15-24(35)16-12-22/h11-18,21,26-27,35-36H,7-10,19-20H2,1-6H3,(H,32,37)(H,33,39). The number of unbranched alkanes of at least 4 members (excludes halogenated alkanes) is 1. The Morgan fingerprint density at radius 1 is 0.900 bits per heavy atom. The third-order valence-electron chi connectivity index (χ3n) is 6.28. The molecule has 9 nitrogen and oxygen atoms in total. The zero-order valence-corrected chi connectivity index (χ0v) is 24.6. The highest BCUT2D eigenvalue weighted by atomic mass is 16.6. The maximum absolute atomic E-state index is 14.3. The average Bonchev–Trinajstić information content (AvgIpc) is 2.86. The van der Waals surface area contributed by atoms with Crippen molar-refractivity contribution in [3.05, 3.63) is 59.7 Å². The van der Waals surface area contributed by atoms with Gasteiger partial charge in [0.05, 0.1) is 0 Å². The number of aromatic hydroxyl groups is 2. The van der Waals surface area contributed by atoms with Crippen LogP contribution in [0.15, 0.2) is 48.5 Å². The highest BCUT2D eigenvalue weighted by molar-refractivity contribution is 5.92. The van der Waals surface area contributed by atoms with Crippen LogP contribution in [0.1, 0.15) is 84.4 Å². The van der Waals surface area contributed by atoms with E-state index in [-0.39, 0.29) is 36.4 Å². The molecule has 3 amide bonds. The molecule has 2 aromatic rings. The van der Waals surface area contributed by atoms with E-state index in [1.807, 2.05) is 20.8 Å². The molecule has 0 aromatic heterocycles. The van der Waals surface area contributed by atoms with Crippen molar-refractivity contribution in [2.24, 2.45) is 0 Å². The monoisotopic (exact) mass is 555 g/mol. The normalized spacial score (nSPS) is 13.6. The van der Waals surface area contributed by atoms with Crippen LogP contribution >= 0.6 is 0 Å². The minimum Gasteiger partial charge on any atom is -0.508 e. The summed E-state index contributed by atoms with van der Waals surface area (Å²) in [6.45, 7) is 11.4. The number of nitrogens with zero attached hydrogens (tertiary/aromatic N) is 1. The second-order valence-electron chi connectivity index (χ2n) is 11.1. The van der Waals surface area contributed by atoms with Gasteiger partial charge in [0.1, 0.15) is 29.2 Å². The highest BCUT2D eigenvalue weighted by Crippen LogP contribution is 2.26. The van der Waals surface area contributed by atoms with Gasteiger partial charge < -0.3 is 30.5 Å². The first-order chi connectivity index (χ1) is 18.8. The van der Waals surface area contributed by atoms with E-state index >= 15 is 0 Å². The third kappa shape index (κ3) is 10.4. The van der Waals surface area contributed by atoms with E-state index < -0.39 is 29.7 Å². The number of carbonyl (C=O) groups excluding carboxylic acids is 3. The number of amides is 3. The van der Waals surface area contributed by atoms with Crippen LogP contribution in [0.3, 0.4) is 0 Å². The van der Waals surface area contributed by atoms with Crippen LogP contribution in [0.4, 0.5) is 4.79 Å². The lowest BCUT2D eigenvalue weighted by Gasteiger charge is -2.35. The van der Waals surface area contributed by atoms with Crippen molar-refractivity contribution in [1.82, 2.24) is 15.5 Å². The fourth-order valence-electron chi connectivity index (χ4n) is 4.37.